The number of hydrogen-bond acceptors (Lipinski definition) is 9. The Kier molecular flexibility index (Phi) is 14.6. The zero-order valence-corrected chi connectivity index (χ0v) is 43.7. The van der Waals surface area contributed by atoms with Crippen molar-refractivity contribution in [2.75, 3.05) is 13.1 Å². The first-order chi connectivity index (χ1) is 35.8. The van der Waals surface area contributed by atoms with E-state index in [0.717, 1.165) is 77.2 Å². The molecule has 4 aliphatic rings. The summed E-state index contributed by atoms with van der Waals surface area (Å²) in [5, 5.41) is 5.62. The van der Waals surface area contributed by atoms with Crippen molar-refractivity contribution in [1.82, 2.24) is 40.4 Å². The Morgan fingerprint density at radius 3 is 2.04 bits per heavy atom. The number of aromatic nitrogens is 4. The monoisotopic (exact) mass is 1010 g/mol. The molecular formula is C59H66N8O6S. The number of aromatic amines is 2. The number of carbonyl (C=O) groups excluding carboxylic acids is 4. The van der Waals surface area contributed by atoms with Gasteiger partial charge in [0.15, 0.2) is 0 Å². The zero-order valence-electron chi connectivity index (χ0n) is 42.9. The summed E-state index contributed by atoms with van der Waals surface area (Å²) in [4.78, 5) is 75.9. The molecule has 4 unspecified atom stereocenters. The van der Waals surface area contributed by atoms with Crippen molar-refractivity contribution >= 4 is 46.8 Å². The number of benzene rings is 4. The molecule has 3 aliphatic heterocycles. The molecule has 5 heterocycles. The second-order valence-corrected chi connectivity index (χ2v) is 22.4. The molecule has 2 saturated heterocycles. The number of nitrogens with one attached hydrogen (secondary N) is 4. The topological polar surface area (TPSA) is 175 Å². The molecule has 3 fully saturated rings. The quantitative estimate of drug-likeness (QED) is 0.0611. The number of allylic oxidation sites excluding steroid dienone is 2. The third-order valence-electron chi connectivity index (χ3n) is 15.2. The van der Waals surface area contributed by atoms with Crippen LogP contribution >= 0.6 is 11.8 Å². The standard InChI is InChI=1S/C59H66N8O6S/c1-7-15-37(6)72-57(70)64-50(35(2)3)56(69)67-31-14-19-49(67)54-61-45-27-24-40(32-46(45)62-54)42-25-26-43(52-44(42)33-59(74-52)28-11-12-29-59)38-20-22-39(23-21-38)47-34-60-53(63-47)48-18-13-30-66(48)55(68)51(36(4)5)65-58(71)73-41-16-9-8-10-17-41/h7-10,15-17,20-27,32,34-36,48-51H,6,11-14,18-19,28-31,33H2,1-5H3,(H,60,63)(H,61,62)(H,64,70)(H,65,71). The van der Waals surface area contributed by atoms with E-state index in [1.165, 1.54) is 47.3 Å². The number of rotatable bonds is 14. The number of fused-ring (bicyclic) bond motifs is 2. The smallest absolute Gasteiger partial charge is 0.411 e. The molecule has 74 heavy (non-hydrogen) atoms. The van der Waals surface area contributed by atoms with Crippen LogP contribution in [0, 0.1) is 11.8 Å². The maximum Gasteiger partial charge on any atom is 0.413 e. The minimum Gasteiger partial charge on any atom is -0.411 e. The third-order valence-corrected chi connectivity index (χ3v) is 16.8. The molecule has 384 valence electrons. The largest absolute Gasteiger partial charge is 0.413 e. The number of thioether (sulfide) groups is 1. The van der Waals surface area contributed by atoms with Crippen molar-refractivity contribution in [2.24, 2.45) is 11.8 Å². The number of para-hydroxylation sites is 1. The molecule has 4 N–H and O–H groups in total. The molecule has 10 rings (SSSR count). The van der Waals surface area contributed by atoms with Crippen molar-refractivity contribution in [3.8, 4) is 39.3 Å². The van der Waals surface area contributed by atoms with Crippen LogP contribution in [0.2, 0.25) is 0 Å². The van der Waals surface area contributed by atoms with Gasteiger partial charge in [-0.25, -0.2) is 19.6 Å². The van der Waals surface area contributed by atoms with Crippen LogP contribution in [0.4, 0.5) is 9.59 Å². The van der Waals surface area contributed by atoms with Crippen molar-refractivity contribution < 1.29 is 28.7 Å². The van der Waals surface area contributed by atoms with Crippen molar-refractivity contribution in [3.63, 3.8) is 0 Å². The van der Waals surface area contributed by atoms with E-state index >= 15 is 0 Å². The van der Waals surface area contributed by atoms with Gasteiger partial charge in [-0.15, -0.1) is 11.8 Å². The average Bonchev–Trinajstić information content (AvgIpc) is 4.26. The highest BCUT2D eigenvalue weighted by molar-refractivity contribution is 8.01. The summed E-state index contributed by atoms with van der Waals surface area (Å²) in [5.41, 5.74) is 9.78. The number of ether oxygens (including phenoxy) is 2. The number of H-pyrrole nitrogens is 2. The van der Waals surface area contributed by atoms with E-state index in [-0.39, 0.29) is 46.2 Å². The summed E-state index contributed by atoms with van der Waals surface area (Å²) < 4.78 is 11.0. The summed E-state index contributed by atoms with van der Waals surface area (Å²) in [7, 11) is 0. The highest BCUT2D eigenvalue weighted by Crippen LogP contribution is 2.58. The molecule has 6 aromatic rings. The van der Waals surface area contributed by atoms with Gasteiger partial charge in [-0.3, -0.25) is 9.59 Å². The molecule has 4 amide bonds. The normalized spacial score (nSPS) is 18.9. The number of imidazole rings is 2. The predicted molar refractivity (Wildman–Crippen MR) is 289 cm³/mol. The second-order valence-electron chi connectivity index (χ2n) is 20.9. The number of nitrogens with zero attached hydrogens (tertiary/aromatic N) is 4. The van der Waals surface area contributed by atoms with Gasteiger partial charge in [0.2, 0.25) is 11.8 Å². The molecule has 1 spiro atoms. The summed E-state index contributed by atoms with van der Waals surface area (Å²) in [6, 6.07) is 26.5. The highest BCUT2D eigenvalue weighted by Gasteiger charge is 2.43. The summed E-state index contributed by atoms with van der Waals surface area (Å²) in [6.45, 7) is 14.4. The lowest BCUT2D eigenvalue weighted by atomic mass is 9.88. The third kappa shape index (κ3) is 10.4. The van der Waals surface area contributed by atoms with Gasteiger partial charge in [-0.1, -0.05) is 114 Å². The minimum absolute atomic E-state index is 0.150. The van der Waals surface area contributed by atoms with Gasteiger partial charge in [0.25, 0.3) is 0 Å². The molecule has 1 aliphatic carbocycles. The Bertz CT molecular complexity index is 3100. The fraction of sp³-hybridized carbons (Fsp3) is 0.390. The SMILES string of the molecule is C=C(C=CC)OC(=O)NC(C(=O)N1CCCC1c1nc2ccc(-c3ccc(-c4ccc(-c5cnc(C6CCCN6C(=O)C(NC(=O)Oc6ccccc6)C(C)C)[nH]5)cc4)c4c3CC3(CCCC3)S4)cc2[nH]1)C(C)C. The van der Waals surface area contributed by atoms with Crippen LogP contribution in [0.25, 0.3) is 44.5 Å². The lowest BCUT2D eigenvalue weighted by molar-refractivity contribution is -0.136. The fourth-order valence-corrected chi connectivity index (χ4v) is 13.1. The average molecular weight is 1020 g/mol. The maximum absolute atomic E-state index is 14.1. The van der Waals surface area contributed by atoms with Crippen molar-refractivity contribution in [1.29, 1.82) is 0 Å². The maximum atomic E-state index is 14.1. The molecular weight excluding hydrogens is 949 g/mol. The van der Waals surface area contributed by atoms with Gasteiger partial charge in [-0.05, 0) is 127 Å². The van der Waals surface area contributed by atoms with E-state index in [4.69, 9.17) is 19.4 Å². The van der Waals surface area contributed by atoms with Crippen LogP contribution < -0.4 is 15.4 Å². The Morgan fingerprint density at radius 2 is 1.38 bits per heavy atom. The van der Waals surface area contributed by atoms with E-state index in [0.29, 0.717) is 18.8 Å². The first-order valence-electron chi connectivity index (χ1n) is 26.2. The highest BCUT2D eigenvalue weighted by atomic mass is 32.2. The number of hydrogen-bond donors (Lipinski definition) is 4. The van der Waals surface area contributed by atoms with Crippen LogP contribution in [0.1, 0.15) is 115 Å². The minimum atomic E-state index is -0.769. The van der Waals surface area contributed by atoms with Crippen LogP contribution in [-0.4, -0.2) is 83.7 Å². The fourth-order valence-electron chi connectivity index (χ4n) is 11.4. The van der Waals surface area contributed by atoms with Crippen molar-refractivity contribution in [2.45, 2.75) is 126 Å². The number of amides is 4. The lowest BCUT2D eigenvalue weighted by Gasteiger charge is -2.30. The van der Waals surface area contributed by atoms with Crippen LogP contribution in [0.3, 0.4) is 0 Å². The van der Waals surface area contributed by atoms with Gasteiger partial charge < -0.3 is 39.9 Å². The first-order valence-corrected chi connectivity index (χ1v) is 27.0. The molecule has 14 nitrogen and oxygen atoms in total. The van der Waals surface area contributed by atoms with E-state index in [2.05, 4.69) is 93.5 Å². The van der Waals surface area contributed by atoms with Gasteiger partial charge in [-0.2, -0.15) is 0 Å². The Balaban J connectivity index is 0.861. The van der Waals surface area contributed by atoms with Gasteiger partial charge in [0, 0.05) is 22.7 Å². The van der Waals surface area contributed by atoms with E-state index in [1.54, 1.807) is 36.4 Å². The molecule has 4 aromatic carbocycles. The van der Waals surface area contributed by atoms with Gasteiger partial charge in [0.1, 0.15) is 35.2 Å². The summed E-state index contributed by atoms with van der Waals surface area (Å²) >= 11 is 2.07. The lowest BCUT2D eigenvalue weighted by Crippen LogP contribution is -2.51. The number of carbonyl (C=O) groups is 4. The molecule has 4 atom stereocenters. The Labute approximate surface area is 437 Å². The molecule has 1 saturated carbocycles. The molecule has 15 heteroatoms. The van der Waals surface area contributed by atoms with Crippen LogP contribution in [-0.2, 0) is 20.7 Å². The van der Waals surface area contributed by atoms with Gasteiger partial charge in [0.05, 0.1) is 35.0 Å². The number of alkyl carbamates (subject to hydrolysis) is 1. The van der Waals surface area contributed by atoms with E-state index < -0.39 is 24.3 Å². The van der Waals surface area contributed by atoms with E-state index in [9.17, 15) is 19.2 Å². The van der Waals surface area contributed by atoms with Crippen LogP contribution in [0.5, 0.6) is 5.75 Å². The zero-order chi connectivity index (χ0) is 51.7. The molecule has 0 radical (unpaired) electrons. The Hall–Kier alpha value is -7.13. The second kappa shape index (κ2) is 21.4. The molecule has 2 aromatic heterocycles. The number of likely N-dealkylation sites (tertiary alicyclic amines) is 2. The summed E-state index contributed by atoms with van der Waals surface area (Å²) in [5.74, 6) is 1.46. The van der Waals surface area contributed by atoms with Crippen LogP contribution in [0.15, 0.2) is 121 Å². The predicted octanol–water partition coefficient (Wildman–Crippen LogP) is 12.2. The first kappa shape index (κ1) is 50.4. The Morgan fingerprint density at radius 1 is 0.757 bits per heavy atom. The van der Waals surface area contributed by atoms with E-state index in [1.807, 2.05) is 56.7 Å². The van der Waals surface area contributed by atoms with Crippen molar-refractivity contribution in [3.05, 3.63) is 133 Å². The van der Waals surface area contributed by atoms with Gasteiger partial charge >= 0.3 is 12.2 Å². The summed E-state index contributed by atoms with van der Waals surface area (Å²) in [6.07, 6.45) is 12.9. The molecule has 0 bridgehead atoms.